The number of hydrogen-bond donors (Lipinski definition) is 0. The van der Waals surface area contributed by atoms with Crippen molar-refractivity contribution in [2.45, 2.75) is 0 Å². The van der Waals surface area contributed by atoms with Crippen molar-refractivity contribution in [2.75, 3.05) is 0 Å². The van der Waals surface area contributed by atoms with Crippen LogP contribution in [0.2, 0.25) is 0 Å². The number of hydrogen-bond acceptors (Lipinski definition) is 4. The summed E-state index contributed by atoms with van der Waals surface area (Å²) in [5.74, 6) is 0. The molecule has 0 heterocycles. The van der Waals surface area contributed by atoms with Crippen molar-refractivity contribution in [2.24, 2.45) is 0 Å². The first kappa shape index (κ1) is 14.6. The summed E-state index contributed by atoms with van der Waals surface area (Å²) in [6.45, 7) is 0. The third-order valence-corrected chi connectivity index (χ3v) is 3.91. The van der Waals surface area contributed by atoms with Crippen molar-refractivity contribution in [3.63, 3.8) is 0 Å². The lowest BCUT2D eigenvalue weighted by atomic mass is 10.0. The maximum Gasteiger partial charge on any atom is 0.291 e. The van der Waals surface area contributed by atoms with Gasteiger partial charge in [-0.2, -0.15) is 0 Å². The minimum absolute atomic E-state index is 0.192. The molecule has 0 aromatic heterocycles. The van der Waals surface area contributed by atoms with Crippen LogP contribution in [0.15, 0.2) is 45.3 Å². The molecule has 2 rings (SSSR count). The Kier molecular flexibility index (Phi) is 4.15. The van der Waals surface area contributed by atoms with Gasteiger partial charge >= 0.3 is 0 Å². The predicted octanol–water partition coefficient (Wildman–Crippen LogP) is 4.70. The van der Waals surface area contributed by atoms with Gasteiger partial charge in [0.05, 0.1) is 29.9 Å². The molecule has 0 fully saturated rings. The van der Waals surface area contributed by atoms with Crippen LogP contribution in [-0.4, -0.2) is 9.85 Å². The van der Waals surface area contributed by atoms with Crippen LogP contribution < -0.4 is 0 Å². The second-order valence-electron chi connectivity index (χ2n) is 3.79. The van der Waals surface area contributed by atoms with Gasteiger partial charge in [0, 0.05) is 0 Å². The van der Waals surface area contributed by atoms with Crippen molar-refractivity contribution in [3.05, 3.63) is 65.6 Å². The van der Waals surface area contributed by atoms with E-state index in [4.69, 9.17) is 0 Å². The molecule has 0 aliphatic heterocycles. The van der Waals surface area contributed by atoms with E-state index in [2.05, 4.69) is 31.9 Å². The Bertz CT molecular complexity index is 657. The molecular formula is C12H6Br2N2O4. The van der Waals surface area contributed by atoms with Gasteiger partial charge in [-0.15, -0.1) is 0 Å². The normalized spacial score (nSPS) is 10.3. The highest BCUT2D eigenvalue weighted by Crippen LogP contribution is 2.42. The maximum atomic E-state index is 11.2. The van der Waals surface area contributed by atoms with Crippen LogP contribution >= 0.6 is 31.9 Å². The Balaban J connectivity index is 2.83. The summed E-state index contributed by atoms with van der Waals surface area (Å²) in [5, 5.41) is 22.4. The highest BCUT2D eigenvalue weighted by atomic mass is 79.9. The third-order valence-electron chi connectivity index (χ3n) is 2.63. The Morgan fingerprint density at radius 3 is 1.40 bits per heavy atom. The molecule has 0 bridgehead atoms. The van der Waals surface area contributed by atoms with E-state index in [-0.39, 0.29) is 31.4 Å². The summed E-state index contributed by atoms with van der Waals surface area (Å²) in [5.41, 5.74) is -0.0165. The van der Waals surface area contributed by atoms with E-state index >= 15 is 0 Å². The zero-order chi connectivity index (χ0) is 14.9. The molecule has 0 amide bonds. The van der Waals surface area contributed by atoms with Gasteiger partial charge in [-0.1, -0.05) is 12.1 Å². The van der Waals surface area contributed by atoms with Gasteiger partial charge in [-0.3, -0.25) is 20.2 Å². The fourth-order valence-corrected chi connectivity index (χ4v) is 2.86. The molecule has 2 aromatic rings. The summed E-state index contributed by atoms with van der Waals surface area (Å²) in [6.07, 6.45) is 0. The summed E-state index contributed by atoms with van der Waals surface area (Å²) < 4.78 is 0.545. The van der Waals surface area contributed by atoms with E-state index in [1.54, 1.807) is 12.1 Å². The summed E-state index contributed by atoms with van der Waals surface area (Å²) >= 11 is 6.20. The molecule has 0 atom stereocenters. The number of benzene rings is 2. The van der Waals surface area contributed by atoms with E-state index < -0.39 is 9.85 Å². The van der Waals surface area contributed by atoms with Crippen LogP contribution in [0.1, 0.15) is 0 Å². The van der Waals surface area contributed by atoms with Gasteiger partial charge in [0.15, 0.2) is 0 Å². The maximum absolute atomic E-state index is 11.2. The first-order valence-corrected chi connectivity index (χ1v) is 6.88. The van der Waals surface area contributed by atoms with E-state index in [0.29, 0.717) is 0 Å². The van der Waals surface area contributed by atoms with Crippen LogP contribution in [0.3, 0.4) is 0 Å². The number of nitro benzene ring substituents is 2. The lowest BCUT2D eigenvalue weighted by Crippen LogP contribution is -1.97. The molecule has 8 heteroatoms. The summed E-state index contributed by atoms with van der Waals surface area (Å²) in [4.78, 5) is 21.2. The van der Waals surface area contributed by atoms with Crippen LogP contribution in [0, 0.1) is 20.2 Å². The zero-order valence-corrected chi connectivity index (χ0v) is 12.9. The fraction of sp³-hybridized carbons (Fsp3) is 0. The number of rotatable bonds is 3. The van der Waals surface area contributed by atoms with Gasteiger partial charge in [0.25, 0.3) is 11.4 Å². The van der Waals surface area contributed by atoms with Crippen molar-refractivity contribution >= 4 is 43.2 Å². The molecule has 6 nitrogen and oxygen atoms in total. The van der Waals surface area contributed by atoms with E-state index in [9.17, 15) is 20.2 Å². The lowest BCUT2D eigenvalue weighted by molar-refractivity contribution is -0.387. The average molecular weight is 402 g/mol. The van der Waals surface area contributed by atoms with E-state index in [1.807, 2.05) is 0 Å². The van der Waals surface area contributed by atoms with Gasteiger partial charge in [0.2, 0.25) is 0 Å². The Hall–Kier alpha value is -1.80. The van der Waals surface area contributed by atoms with Crippen LogP contribution in [0.25, 0.3) is 11.1 Å². The topological polar surface area (TPSA) is 86.3 Å². The highest BCUT2D eigenvalue weighted by molar-refractivity contribution is 9.11. The highest BCUT2D eigenvalue weighted by Gasteiger charge is 2.26. The quantitative estimate of drug-likeness (QED) is 0.551. The number of halogens is 2. The molecule has 0 unspecified atom stereocenters. The van der Waals surface area contributed by atoms with Gasteiger partial charge in [0.1, 0.15) is 0 Å². The molecule has 0 spiro atoms. The SMILES string of the molecule is O=[N+]([O-])c1c(Br)cccc1-c1cccc(Br)c1[N+](=O)[O-]. The standard InChI is InChI=1S/C12H6Br2N2O4/c13-9-5-1-3-7(11(9)15(17)18)8-4-2-6-10(14)12(8)16(19)20/h1-6H. The van der Waals surface area contributed by atoms with Gasteiger partial charge in [-0.05, 0) is 56.1 Å². The molecule has 0 saturated carbocycles. The van der Waals surface area contributed by atoms with Crippen LogP contribution in [0.4, 0.5) is 11.4 Å². The molecule has 2 aromatic carbocycles. The molecule has 0 N–H and O–H groups in total. The smallest absolute Gasteiger partial charge is 0.258 e. The fourth-order valence-electron chi connectivity index (χ4n) is 1.84. The van der Waals surface area contributed by atoms with Crippen molar-refractivity contribution in [1.29, 1.82) is 0 Å². The molecule has 0 aliphatic rings. The minimum Gasteiger partial charge on any atom is -0.258 e. The number of nitrogens with zero attached hydrogens (tertiary/aromatic N) is 2. The van der Waals surface area contributed by atoms with Crippen molar-refractivity contribution < 1.29 is 9.85 Å². The predicted molar refractivity (Wildman–Crippen MR) is 80.6 cm³/mol. The summed E-state index contributed by atoms with van der Waals surface area (Å²) in [7, 11) is 0. The number of para-hydroxylation sites is 2. The third kappa shape index (κ3) is 2.56. The van der Waals surface area contributed by atoms with Crippen molar-refractivity contribution in [3.8, 4) is 11.1 Å². The number of nitro groups is 2. The van der Waals surface area contributed by atoms with Crippen molar-refractivity contribution in [1.82, 2.24) is 0 Å². The van der Waals surface area contributed by atoms with Crippen LogP contribution in [-0.2, 0) is 0 Å². The van der Waals surface area contributed by atoms with E-state index in [0.717, 1.165) is 0 Å². The molecule has 0 saturated heterocycles. The second kappa shape index (κ2) is 5.68. The molecule has 20 heavy (non-hydrogen) atoms. The second-order valence-corrected chi connectivity index (χ2v) is 5.49. The first-order chi connectivity index (χ1) is 9.43. The van der Waals surface area contributed by atoms with E-state index in [1.165, 1.54) is 24.3 Å². The average Bonchev–Trinajstić information content (AvgIpc) is 2.37. The monoisotopic (exact) mass is 400 g/mol. The minimum atomic E-state index is -0.565. The van der Waals surface area contributed by atoms with Gasteiger partial charge in [-0.25, -0.2) is 0 Å². The first-order valence-electron chi connectivity index (χ1n) is 5.29. The summed E-state index contributed by atoms with van der Waals surface area (Å²) in [6, 6.07) is 9.19. The largest absolute Gasteiger partial charge is 0.291 e. The Labute approximate surface area is 130 Å². The Morgan fingerprint density at radius 2 is 1.10 bits per heavy atom. The lowest BCUT2D eigenvalue weighted by Gasteiger charge is -2.06. The van der Waals surface area contributed by atoms with Crippen LogP contribution in [0.5, 0.6) is 0 Å². The molecular weight excluding hydrogens is 396 g/mol. The van der Waals surface area contributed by atoms with Gasteiger partial charge < -0.3 is 0 Å². The molecule has 0 aliphatic carbocycles. The molecule has 0 radical (unpaired) electrons. The zero-order valence-electron chi connectivity index (χ0n) is 9.75. The molecule has 102 valence electrons. The Morgan fingerprint density at radius 1 is 0.750 bits per heavy atom.